The summed E-state index contributed by atoms with van der Waals surface area (Å²) in [6, 6.07) is -2.24. The number of alkyl carbamates (subject to hydrolysis) is 1. The van der Waals surface area contributed by atoms with Gasteiger partial charge < -0.3 is 24.4 Å². The van der Waals surface area contributed by atoms with E-state index in [0.717, 1.165) is 6.42 Å². The van der Waals surface area contributed by atoms with Crippen molar-refractivity contribution in [3.8, 4) is 5.88 Å². The summed E-state index contributed by atoms with van der Waals surface area (Å²) in [6.45, 7) is 7.94. The Bertz CT molecular complexity index is 1510. The molecule has 1 aromatic rings. The maximum atomic E-state index is 16.5. The number of hydrogen-bond acceptors (Lipinski definition) is 7. The topological polar surface area (TPSA) is 107 Å². The lowest BCUT2D eigenvalue weighted by molar-refractivity contribution is -0.143. The van der Waals surface area contributed by atoms with Crippen LogP contribution in [0, 0.1) is 17.3 Å². The summed E-state index contributed by atoms with van der Waals surface area (Å²) >= 11 is 0. The summed E-state index contributed by atoms with van der Waals surface area (Å²) in [6.07, 6.45) is -4.47. The van der Waals surface area contributed by atoms with Gasteiger partial charge in [-0.15, -0.1) is 0 Å². The number of fused-ring (bicyclic) bond motifs is 5. The zero-order valence-electron chi connectivity index (χ0n) is 29.6. The lowest BCUT2D eigenvalue weighted by atomic mass is 9.85. The molecule has 2 amide bonds. The molecule has 2 bridgehead atoms. The van der Waals surface area contributed by atoms with Gasteiger partial charge in [-0.25, -0.2) is 18.6 Å². The standard InChI is InChI=1S/C36H48F5N3O6/c1-7-22-26-18-44(29(22)19(2)45)32(46)30(34(3,4)5)43-33(47)50-25-13-10-12-20(25)11-8-9-16-35(37,38)28-27(36(39,40)41)23-15-14-21(48-6)17-24(23)42-31(28)49-26/h17,20,22,25-26,29-30H,7-16,18H2,1-6H3,(H,43,47)/t20-,22?,25-,26+,29-,30-/m1/s1. The number of rotatable bonds is 3. The number of methoxy groups -OCH3 is 1. The molecule has 1 aromatic heterocycles. The van der Waals surface area contributed by atoms with Gasteiger partial charge in [0.2, 0.25) is 11.8 Å². The number of allylic oxidation sites excluding steroid dienone is 1. The number of amides is 2. The monoisotopic (exact) mass is 713 g/mol. The average Bonchev–Trinajstić information content (AvgIpc) is 3.62. The van der Waals surface area contributed by atoms with Crippen LogP contribution in [0.5, 0.6) is 5.88 Å². The Labute approximate surface area is 289 Å². The van der Waals surface area contributed by atoms with Gasteiger partial charge in [-0.2, -0.15) is 13.2 Å². The van der Waals surface area contributed by atoms with Crippen molar-refractivity contribution in [1.29, 1.82) is 0 Å². The maximum Gasteiger partial charge on any atom is 0.417 e. The molecular formula is C36H48F5N3O6. The highest BCUT2D eigenvalue weighted by Gasteiger charge is 2.53. The number of nitrogens with zero attached hydrogens (tertiary/aromatic N) is 2. The molecule has 278 valence electrons. The van der Waals surface area contributed by atoms with Crippen molar-refractivity contribution >= 4 is 23.9 Å². The van der Waals surface area contributed by atoms with E-state index in [9.17, 15) is 14.4 Å². The number of hydrogen-bond donors (Lipinski definition) is 1. The first-order valence-corrected chi connectivity index (χ1v) is 17.6. The van der Waals surface area contributed by atoms with Gasteiger partial charge in [0.05, 0.1) is 42.3 Å². The minimum absolute atomic E-state index is 0.0769. The minimum atomic E-state index is -5.17. The van der Waals surface area contributed by atoms with Gasteiger partial charge in [0.15, 0.2) is 5.78 Å². The summed E-state index contributed by atoms with van der Waals surface area (Å²) in [7, 11) is 1.37. The highest BCUT2D eigenvalue weighted by molar-refractivity contribution is 5.92. The molecule has 9 nitrogen and oxygen atoms in total. The SMILES string of the molecule is CCC1[C@@H]2CN(C(=O)[C@H](C(C)(C)C)NC(=O)O[C@@H]3CCC[C@H]3CCCCC(F)(F)c3c(nc4c(c3C(F)(F)F)CCC(OC)=C4)O2)[C@@H]1C(C)=O. The van der Waals surface area contributed by atoms with Crippen LogP contribution in [-0.2, 0) is 37.6 Å². The van der Waals surface area contributed by atoms with Crippen LogP contribution in [0.15, 0.2) is 5.76 Å². The van der Waals surface area contributed by atoms with E-state index in [2.05, 4.69) is 10.3 Å². The number of pyridine rings is 1. The molecule has 2 aliphatic carbocycles. The van der Waals surface area contributed by atoms with E-state index in [0.29, 0.717) is 25.0 Å². The predicted molar refractivity (Wildman–Crippen MR) is 173 cm³/mol. The number of nitrogens with one attached hydrogen (secondary N) is 1. The molecule has 5 rings (SSSR count). The number of carbonyl (C=O) groups excluding carboxylic acids is 3. The molecule has 1 N–H and O–H groups in total. The zero-order valence-corrected chi connectivity index (χ0v) is 29.6. The lowest BCUT2D eigenvalue weighted by Gasteiger charge is -2.35. The lowest BCUT2D eigenvalue weighted by Crippen LogP contribution is -2.57. The van der Waals surface area contributed by atoms with Crippen molar-refractivity contribution in [2.75, 3.05) is 13.7 Å². The summed E-state index contributed by atoms with van der Waals surface area (Å²) < 4.78 is 95.2. The molecule has 6 atom stereocenters. The minimum Gasteiger partial charge on any atom is -0.501 e. The van der Waals surface area contributed by atoms with Gasteiger partial charge in [-0.05, 0) is 68.8 Å². The van der Waals surface area contributed by atoms with Crippen LogP contribution in [0.1, 0.15) is 115 Å². The van der Waals surface area contributed by atoms with Crippen molar-refractivity contribution in [1.82, 2.24) is 15.2 Å². The van der Waals surface area contributed by atoms with Crippen LogP contribution in [0.25, 0.3) is 6.08 Å². The van der Waals surface area contributed by atoms with Gasteiger partial charge in [-0.3, -0.25) is 9.59 Å². The Morgan fingerprint density at radius 3 is 2.38 bits per heavy atom. The second kappa shape index (κ2) is 14.3. The number of aromatic nitrogens is 1. The van der Waals surface area contributed by atoms with Gasteiger partial charge in [0.25, 0.3) is 5.92 Å². The van der Waals surface area contributed by atoms with E-state index < -0.39 is 88.9 Å². The molecule has 4 aliphatic rings. The van der Waals surface area contributed by atoms with Crippen LogP contribution >= 0.6 is 0 Å². The molecule has 0 aromatic carbocycles. The van der Waals surface area contributed by atoms with E-state index in [1.165, 1.54) is 25.0 Å². The van der Waals surface area contributed by atoms with Gasteiger partial charge >= 0.3 is 12.3 Å². The first-order valence-electron chi connectivity index (χ1n) is 17.6. The maximum absolute atomic E-state index is 16.5. The Balaban J connectivity index is 1.68. The molecule has 2 fully saturated rings. The fraction of sp³-hybridized carbons (Fsp3) is 0.722. The molecular weight excluding hydrogens is 665 g/mol. The molecule has 0 radical (unpaired) electrons. The number of halogens is 5. The van der Waals surface area contributed by atoms with Crippen molar-refractivity contribution in [3.63, 3.8) is 0 Å². The highest BCUT2D eigenvalue weighted by atomic mass is 19.4. The van der Waals surface area contributed by atoms with Crippen LogP contribution in [0.3, 0.4) is 0 Å². The normalized spacial score (nSPS) is 29.3. The Kier molecular flexibility index (Phi) is 10.8. The smallest absolute Gasteiger partial charge is 0.417 e. The summed E-state index contributed by atoms with van der Waals surface area (Å²) in [4.78, 5) is 46.3. The number of alkyl halides is 5. The zero-order chi connectivity index (χ0) is 36.8. The molecule has 2 aliphatic heterocycles. The number of ether oxygens (including phenoxy) is 3. The van der Waals surface area contributed by atoms with Crippen LogP contribution in [-0.4, -0.2) is 65.6 Å². The number of carbonyl (C=O) groups is 3. The van der Waals surface area contributed by atoms with Crippen molar-refractivity contribution in [2.45, 2.75) is 135 Å². The number of ketones is 1. The second-order valence-corrected chi connectivity index (χ2v) is 15.1. The molecule has 0 spiro atoms. The number of Topliss-reactive ketones (excluding diaryl/α,β-unsaturated/α-hetero) is 1. The largest absolute Gasteiger partial charge is 0.501 e. The highest BCUT2D eigenvalue weighted by Crippen LogP contribution is 2.50. The molecule has 1 saturated heterocycles. The van der Waals surface area contributed by atoms with Gasteiger partial charge in [-0.1, -0.05) is 34.1 Å². The summed E-state index contributed by atoms with van der Waals surface area (Å²) in [5.41, 5.74) is -4.17. The third-order valence-electron chi connectivity index (χ3n) is 10.7. The van der Waals surface area contributed by atoms with E-state index in [1.807, 2.05) is 0 Å². The fourth-order valence-electron chi connectivity index (χ4n) is 8.21. The van der Waals surface area contributed by atoms with Crippen LogP contribution in [0.2, 0.25) is 0 Å². The van der Waals surface area contributed by atoms with E-state index in [4.69, 9.17) is 14.2 Å². The van der Waals surface area contributed by atoms with Gasteiger partial charge in [0, 0.05) is 24.8 Å². The Hall–Kier alpha value is -3.45. The van der Waals surface area contributed by atoms with E-state index in [1.54, 1.807) is 27.7 Å². The first-order chi connectivity index (χ1) is 23.4. The molecule has 1 saturated carbocycles. The molecule has 3 heterocycles. The molecule has 1 unspecified atom stereocenters. The van der Waals surface area contributed by atoms with Crippen LogP contribution < -0.4 is 10.1 Å². The van der Waals surface area contributed by atoms with Gasteiger partial charge in [0.1, 0.15) is 18.2 Å². The average molecular weight is 714 g/mol. The van der Waals surface area contributed by atoms with E-state index >= 15 is 22.0 Å². The molecule has 14 heteroatoms. The quantitative estimate of drug-likeness (QED) is 0.322. The third kappa shape index (κ3) is 7.58. The summed E-state index contributed by atoms with van der Waals surface area (Å²) in [5.74, 6) is -6.45. The van der Waals surface area contributed by atoms with Crippen LogP contribution in [0.4, 0.5) is 26.7 Å². The predicted octanol–water partition coefficient (Wildman–Crippen LogP) is 7.58. The van der Waals surface area contributed by atoms with Crippen molar-refractivity contribution in [2.24, 2.45) is 17.3 Å². The third-order valence-corrected chi connectivity index (χ3v) is 10.7. The first kappa shape index (κ1) is 37.8. The summed E-state index contributed by atoms with van der Waals surface area (Å²) in [5, 5.41) is 2.73. The Morgan fingerprint density at radius 1 is 1.06 bits per heavy atom. The molecule has 50 heavy (non-hydrogen) atoms. The van der Waals surface area contributed by atoms with Crippen molar-refractivity contribution in [3.05, 3.63) is 28.1 Å². The van der Waals surface area contributed by atoms with E-state index in [-0.39, 0.29) is 55.8 Å². The fourth-order valence-corrected chi connectivity index (χ4v) is 8.21. The van der Waals surface area contributed by atoms with Crippen molar-refractivity contribution < 1.29 is 50.5 Å². The second-order valence-electron chi connectivity index (χ2n) is 15.1. The Morgan fingerprint density at radius 2 is 1.76 bits per heavy atom.